The van der Waals surface area contributed by atoms with Gasteiger partial charge in [0.2, 0.25) is 0 Å². The number of amides is 1. The van der Waals surface area contributed by atoms with E-state index in [1.807, 2.05) is 65.1 Å². The fraction of sp³-hybridized carbons (Fsp3) is 0.261. The summed E-state index contributed by atoms with van der Waals surface area (Å²) in [5.41, 5.74) is 3.43. The van der Waals surface area contributed by atoms with E-state index in [-0.39, 0.29) is 11.4 Å². The second kappa shape index (κ2) is 6.95. The molecule has 0 atom stereocenters. The van der Waals surface area contributed by atoms with Crippen molar-refractivity contribution in [2.24, 2.45) is 0 Å². The van der Waals surface area contributed by atoms with Gasteiger partial charge in [-0.1, -0.05) is 30.3 Å². The van der Waals surface area contributed by atoms with E-state index in [4.69, 9.17) is 5.10 Å². The Labute approximate surface area is 179 Å². The predicted octanol–water partition coefficient (Wildman–Crippen LogP) is 4.71. The van der Waals surface area contributed by atoms with Crippen LogP contribution in [0.1, 0.15) is 42.5 Å². The average Bonchev–Trinajstić information content (AvgIpc) is 3.50. The summed E-state index contributed by atoms with van der Waals surface area (Å²) in [6, 6.07) is 14.0. The third-order valence-corrected chi connectivity index (χ3v) is 6.14. The van der Waals surface area contributed by atoms with Crippen molar-refractivity contribution in [2.45, 2.75) is 39.4 Å². The summed E-state index contributed by atoms with van der Waals surface area (Å²) in [6.45, 7) is 7.47. The van der Waals surface area contributed by atoms with E-state index in [0.29, 0.717) is 18.8 Å². The normalized spacial score (nSPS) is 13.6. The zero-order chi connectivity index (χ0) is 20.9. The number of rotatable bonds is 3. The van der Waals surface area contributed by atoms with Crippen LogP contribution in [-0.4, -0.2) is 30.1 Å². The van der Waals surface area contributed by atoms with Gasteiger partial charge in [-0.05, 0) is 32.9 Å². The summed E-state index contributed by atoms with van der Waals surface area (Å²) in [5.74, 6) is 0.980. The second-order valence-corrected chi connectivity index (χ2v) is 9.35. The van der Waals surface area contributed by atoms with Crippen LogP contribution in [0.3, 0.4) is 0 Å². The van der Waals surface area contributed by atoms with Crippen LogP contribution < -0.4 is 0 Å². The maximum Gasteiger partial charge on any atom is 0.274 e. The molecule has 7 heteroatoms. The molecule has 152 valence electrons. The minimum atomic E-state index is -0.154. The van der Waals surface area contributed by atoms with E-state index in [2.05, 4.69) is 35.0 Å². The van der Waals surface area contributed by atoms with Crippen molar-refractivity contribution in [3.63, 3.8) is 0 Å². The van der Waals surface area contributed by atoms with Gasteiger partial charge in [0.05, 0.1) is 24.3 Å². The number of carbonyl (C=O) groups excluding carboxylic acids is 1. The van der Waals surface area contributed by atoms with Crippen LogP contribution >= 0.6 is 11.3 Å². The second-order valence-electron chi connectivity index (χ2n) is 8.49. The summed E-state index contributed by atoms with van der Waals surface area (Å²) in [7, 11) is 0. The van der Waals surface area contributed by atoms with Crippen LogP contribution in [-0.2, 0) is 18.6 Å². The van der Waals surface area contributed by atoms with E-state index in [9.17, 15) is 4.79 Å². The van der Waals surface area contributed by atoms with Crippen LogP contribution in [0.2, 0.25) is 0 Å². The number of nitrogens with zero attached hydrogens (tertiary/aromatic N) is 5. The van der Waals surface area contributed by atoms with E-state index in [0.717, 1.165) is 27.6 Å². The molecule has 0 radical (unpaired) electrons. The maximum absolute atomic E-state index is 13.2. The van der Waals surface area contributed by atoms with Gasteiger partial charge in [-0.3, -0.25) is 4.79 Å². The molecule has 1 aromatic carbocycles. The highest BCUT2D eigenvalue weighted by atomic mass is 32.1. The smallest absolute Gasteiger partial charge is 0.274 e. The highest BCUT2D eigenvalue weighted by molar-refractivity contribution is 7.13. The maximum atomic E-state index is 13.2. The van der Waals surface area contributed by atoms with Gasteiger partial charge in [-0.15, -0.1) is 11.3 Å². The third-order valence-electron chi connectivity index (χ3n) is 5.24. The third kappa shape index (κ3) is 3.15. The van der Waals surface area contributed by atoms with Gasteiger partial charge in [0.1, 0.15) is 16.5 Å². The molecule has 4 aromatic rings. The van der Waals surface area contributed by atoms with Crippen molar-refractivity contribution in [3.05, 3.63) is 77.2 Å². The van der Waals surface area contributed by atoms with Crippen molar-refractivity contribution < 1.29 is 4.79 Å². The van der Waals surface area contributed by atoms with Crippen molar-refractivity contribution in [1.29, 1.82) is 0 Å². The van der Waals surface area contributed by atoms with Crippen LogP contribution in [0, 0.1) is 0 Å². The lowest BCUT2D eigenvalue weighted by molar-refractivity contribution is 0.0743. The molecule has 0 fully saturated rings. The minimum absolute atomic E-state index is 0.0489. The number of thiazole rings is 1. The van der Waals surface area contributed by atoms with Crippen LogP contribution in [0.4, 0.5) is 0 Å². The number of aromatic nitrogens is 4. The molecule has 0 spiro atoms. The van der Waals surface area contributed by atoms with Crippen molar-refractivity contribution in [1.82, 2.24) is 24.2 Å². The molecule has 0 bridgehead atoms. The van der Waals surface area contributed by atoms with E-state index in [1.54, 1.807) is 0 Å². The summed E-state index contributed by atoms with van der Waals surface area (Å²) in [5, 5.41) is 7.59. The Morgan fingerprint density at radius 1 is 1.03 bits per heavy atom. The molecule has 1 aliphatic rings. The molecule has 4 heterocycles. The van der Waals surface area contributed by atoms with Gasteiger partial charge >= 0.3 is 0 Å². The Bertz CT molecular complexity index is 1200. The molecule has 0 saturated heterocycles. The average molecular weight is 418 g/mol. The first-order valence-corrected chi connectivity index (χ1v) is 10.8. The molecular weight excluding hydrogens is 394 g/mol. The molecule has 30 heavy (non-hydrogen) atoms. The highest BCUT2D eigenvalue weighted by Gasteiger charge is 2.34. The molecule has 0 unspecified atom stereocenters. The predicted molar refractivity (Wildman–Crippen MR) is 118 cm³/mol. The van der Waals surface area contributed by atoms with Crippen molar-refractivity contribution in [3.8, 4) is 16.4 Å². The van der Waals surface area contributed by atoms with E-state index >= 15 is 0 Å². The van der Waals surface area contributed by atoms with Crippen LogP contribution in [0.15, 0.2) is 60.2 Å². The lowest BCUT2D eigenvalue weighted by Gasteiger charge is -2.24. The SMILES string of the molecule is CC(C)(C)n1nc2c(c1-n1cccc1)CN(C(=O)c1csc(-c3ccccc3)n1)C2. The molecule has 1 aliphatic heterocycles. The standard InChI is InChI=1S/C23H23N5OS/c1-23(2,3)28-21(26-11-7-8-12-26)17-13-27(14-18(17)25-28)22(29)19-15-30-20(24-19)16-9-5-4-6-10-16/h4-12,15H,13-14H2,1-3H3. The molecule has 0 saturated carbocycles. The zero-order valence-electron chi connectivity index (χ0n) is 17.2. The first kappa shape index (κ1) is 18.8. The molecule has 3 aromatic heterocycles. The molecular formula is C23H23N5OS. The number of fused-ring (bicyclic) bond motifs is 1. The molecule has 0 N–H and O–H groups in total. The summed E-state index contributed by atoms with van der Waals surface area (Å²) < 4.78 is 4.15. The monoisotopic (exact) mass is 417 g/mol. The molecule has 1 amide bonds. The quantitative estimate of drug-likeness (QED) is 0.485. The van der Waals surface area contributed by atoms with Crippen LogP contribution in [0.5, 0.6) is 0 Å². The van der Waals surface area contributed by atoms with E-state index < -0.39 is 0 Å². The van der Waals surface area contributed by atoms with Crippen molar-refractivity contribution in [2.75, 3.05) is 0 Å². The Balaban J connectivity index is 1.44. The van der Waals surface area contributed by atoms with Gasteiger partial charge in [0.25, 0.3) is 5.91 Å². The van der Waals surface area contributed by atoms with Gasteiger partial charge in [0, 0.05) is 28.9 Å². The fourth-order valence-corrected chi connectivity index (χ4v) is 4.60. The van der Waals surface area contributed by atoms with Crippen molar-refractivity contribution >= 4 is 17.2 Å². The number of benzene rings is 1. The number of hydrogen-bond acceptors (Lipinski definition) is 4. The number of carbonyl (C=O) groups is 1. The first-order chi connectivity index (χ1) is 14.4. The van der Waals surface area contributed by atoms with Gasteiger partial charge in [0.15, 0.2) is 0 Å². The summed E-state index contributed by atoms with van der Waals surface area (Å²) in [4.78, 5) is 19.6. The summed E-state index contributed by atoms with van der Waals surface area (Å²) in [6.07, 6.45) is 4.05. The fourth-order valence-electron chi connectivity index (χ4n) is 3.80. The molecule has 5 rings (SSSR count). The van der Waals surface area contributed by atoms with Gasteiger partial charge < -0.3 is 9.47 Å². The lowest BCUT2D eigenvalue weighted by atomic mass is 10.1. The van der Waals surface area contributed by atoms with Gasteiger partial charge in [-0.25, -0.2) is 9.67 Å². The summed E-state index contributed by atoms with van der Waals surface area (Å²) >= 11 is 1.50. The topological polar surface area (TPSA) is 56.0 Å². The lowest BCUT2D eigenvalue weighted by Crippen LogP contribution is -2.29. The Hall–Kier alpha value is -3.19. The Morgan fingerprint density at radius 3 is 2.47 bits per heavy atom. The number of hydrogen-bond donors (Lipinski definition) is 0. The largest absolute Gasteiger partial charge is 0.327 e. The van der Waals surface area contributed by atoms with Gasteiger partial charge in [-0.2, -0.15) is 5.10 Å². The van der Waals surface area contributed by atoms with Crippen LogP contribution in [0.25, 0.3) is 16.4 Å². The molecule has 6 nitrogen and oxygen atoms in total. The molecule has 0 aliphatic carbocycles. The highest BCUT2D eigenvalue weighted by Crippen LogP contribution is 2.33. The zero-order valence-corrected chi connectivity index (χ0v) is 18.1. The minimum Gasteiger partial charge on any atom is -0.327 e. The Kier molecular flexibility index (Phi) is 4.36. The van der Waals surface area contributed by atoms with E-state index in [1.165, 1.54) is 11.3 Å². The first-order valence-electron chi connectivity index (χ1n) is 9.96. The Morgan fingerprint density at radius 2 is 1.77 bits per heavy atom.